The first-order valence-electron chi connectivity index (χ1n) is 11.6. The average Bonchev–Trinajstić information content (AvgIpc) is 3.34. The van der Waals surface area contributed by atoms with Crippen molar-refractivity contribution in [3.63, 3.8) is 0 Å². The van der Waals surface area contributed by atoms with Crippen LogP contribution in [0.25, 0.3) is 10.2 Å². The molecule has 2 aromatic rings. The third kappa shape index (κ3) is 6.14. The molecule has 3 rings (SSSR count). The van der Waals surface area contributed by atoms with Crippen LogP contribution >= 0.6 is 11.3 Å². The molecule has 2 N–H and O–H groups in total. The Hall–Kier alpha value is -1.32. The van der Waals surface area contributed by atoms with E-state index in [1.165, 1.54) is 6.33 Å². The molecule has 7 nitrogen and oxygen atoms in total. The van der Waals surface area contributed by atoms with E-state index in [4.69, 9.17) is 24.7 Å². The Balaban J connectivity index is 1.85. The largest absolute Gasteiger partial charge is 0.382 e. The van der Waals surface area contributed by atoms with Gasteiger partial charge in [0.15, 0.2) is 0 Å². The number of unbranched alkanes of at least 4 members (excludes halogenated alkanes) is 3. The van der Waals surface area contributed by atoms with Crippen molar-refractivity contribution in [1.82, 2.24) is 9.97 Å². The van der Waals surface area contributed by atoms with Crippen LogP contribution in [-0.4, -0.2) is 54.7 Å². The first kappa shape index (κ1) is 24.3. The van der Waals surface area contributed by atoms with Crippen LogP contribution in [-0.2, 0) is 18.9 Å². The van der Waals surface area contributed by atoms with Crippen molar-refractivity contribution in [3.05, 3.63) is 17.3 Å². The molecule has 0 bridgehead atoms. The Morgan fingerprint density at radius 3 is 2.35 bits per heavy atom. The zero-order chi connectivity index (χ0) is 22.1. The molecule has 31 heavy (non-hydrogen) atoms. The van der Waals surface area contributed by atoms with E-state index in [-0.39, 0.29) is 24.4 Å². The molecule has 8 heteroatoms. The standard InChI is InChI=1S/C23H37N3O4S/c1-4-7-10-27-13-17-20(28-11-8-5-2)21(29-12-9-6-3)19(30-17)16-14-31-22-18(16)25-15-26-23(22)24/h14-15,17,19-21H,4-13H2,1-3H3,(H2,24,25,26)/t17-,19+,20-,21?/m1/s1. The smallest absolute Gasteiger partial charge is 0.144 e. The summed E-state index contributed by atoms with van der Waals surface area (Å²) in [6.07, 6.45) is 6.99. The molecule has 0 radical (unpaired) electrons. The fourth-order valence-electron chi connectivity index (χ4n) is 3.76. The van der Waals surface area contributed by atoms with Crippen molar-refractivity contribution in [1.29, 1.82) is 0 Å². The second kappa shape index (κ2) is 12.6. The number of nitrogen functional groups attached to an aromatic ring is 1. The minimum absolute atomic E-state index is 0.177. The Bertz CT molecular complexity index is 787. The molecule has 0 aliphatic carbocycles. The lowest BCUT2D eigenvalue weighted by Gasteiger charge is -2.25. The van der Waals surface area contributed by atoms with Crippen LogP contribution in [0.5, 0.6) is 0 Å². The van der Waals surface area contributed by atoms with Gasteiger partial charge in [0.05, 0.1) is 16.8 Å². The Labute approximate surface area is 189 Å². The van der Waals surface area contributed by atoms with Crippen molar-refractivity contribution >= 4 is 27.4 Å². The van der Waals surface area contributed by atoms with Gasteiger partial charge < -0.3 is 24.7 Å². The zero-order valence-corrected chi connectivity index (χ0v) is 19.9. The van der Waals surface area contributed by atoms with E-state index >= 15 is 0 Å². The van der Waals surface area contributed by atoms with Gasteiger partial charge >= 0.3 is 0 Å². The second-order valence-corrected chi connectivity index (χ2v) is 8.91. The molecule has 1 aliphatic heterocycles. The first-order chi connectivity index (χ1) is 15.2. The van der Waals surface area contributed by atoms with E-state index in [2.05, 4.69) is 36.1 Å². The van der Waals surface area contributed by atoms with E-state index in [9.17, 15) is 0 Å². The Morgan fingerprint density at radius 1 is 0.968 bits per heavy atom. The fourth-order valence-corrected chi connectivity index (χ4v) is 4.70. The molecular formula is C23H37N3O4S. The highest BCUT2D eigenvalue weighted by atomic mass is 32.1. The molecule has 1 unspecified atom stereocenters. The van der Waals surface area contributed by atoms with Crippen LogP contribution in [0.3, 0.4) is 0 Å². The number of rotatable bonds is 14. The van der Waals surface area contributed by atoms with Gasteiger partial charge in [0.2, 0.25) is 0 Å². The minimum Gasteiger partial charge on any atom is -0.382 e. The number of anilines is 1. The number of hydrogen-bond donors (Lipinski definition) is 1. The highest BCUT2D eigenvalue weighted by Crippen LogP contribution is 2.42. The Morgan fingerprint density at radius 2 is 1.65 bits per heavy atom. The van der Waals surface area contributed by atoms with Crippen molar-refractivity contribution in [2.45, 2.75) is 83.7 Å². The number of nitrogens with two attached hydrogens (primary N) is 1. The SMILES string of the molecule is CCCCOC[C@H]1O[C@@H](c2csc3c(N)ncnc23)C(OCCCC)[C@@H]1OCCCC. The summed E-state index contributed by atoms with van der Waals surface area (Å²) < 4.78 is 26.1. The summed E-state index contributed by atoms with van der Waals surface area (Å²) in [6, 6.07) is 0. The summed E-state index contributed by atoms with van der Waals surface area (Å²) in [4.78, 5) is 8.63. The lowest BCUT2D eigenvalue weighted by molar-refractivity contribution is -0.0795. The van der Waals surface area contributed by atoms with E-state index in [1.807, 2.05) is 0 Å². The Kier molecular flexibility index (Phi) is 9.93. The van der Waals surface area contributed by atoms with Gasteiger partial charge in [-0.1, -0.05) is 40.0 Å². The first-order valence-corrected chi connectivity index (χ1v) is 12.5. The topological polar surface area (TPSA) is 88.7 Å². The predicted octanol–water partition coefficient (Wildman–Crippen LogP) is 4.90. The maximum absolute atomic E-state index is 6.55. The molecule has 0 aromatic carbocycles. The quantitative estimate of drug-likeness (QED) is 0.409. The minimum atomic E-state index is -0.272. The average molecular weight is 452 g/mol. The summed E-state index contributed by atoms with van der Waals surface area (Å²) in [7, 11) is 0. The number of aromatic nitrogens is 2. The maximum atomic E-state index is 6.55. The third-order valence-corrected chi connectivity index (χ3v) is 6.58. The molecule has 0 spiro atoms. The molecule has 0 saturated carbocycles. The molecular weight excluding hydrogens is 414 g/mol. The summed E-state index contributed by atoms with van der Waals surface area (Å²) in [5.74, 6) is 0.498. The molecule has 1 saturated heterocycles. The van der Waals surface area contributed by atoms with Gasteiger partial charge in [-0.05, 0) is 24.6 Å². The number of ether oxygens (including phenoxy) is 4. The summed E-state index contributed by atoms with van der Waals surface area (Å²) >= 11 is 1.55. The van der Waals surface area contributed by atoms with Crippen molar-refractivity contribution in [2.24, 2.45) is 0 Å². The third-order valence-electron chi connectivity index (χ3n) is 5.57. The summed E-state index contributed by atoms with van der Waals surface area (Å²) in [5, 5.41) is 2.07. The van der Waals surface area contributed by atoms with Crippen LogP contribution in [0.15, 0.2) is 11.7 Å². The molecule has 1 aliphatic rings. The van der Waals surface area contributed by atoms with Crippen molar-refractivity contribution < 1.29 is 18.9 Å². The van der Waals surface area contributed by atoms with Gasteiger partial charge in [-0.3, -0.25) is 0 Å². The second-order valence-electron chi connectivity index (χ2n) is 8.03. The van der Waals surface area contributed by atoms with Crippen molar-refractivity contribution in [3.8, 4) is 0 Å². The van der Waals surface area contributed by atoms with Crippen LogP contribution in [0.4, 0.5) is 5.82 Å². The zero-order valence-electron chi connectivity index (χ0n) is 19.0. The van der Waals surface area contributed by atoms with E-state index in [0.29, 0.717) is 25.6 Å². The van der Waals surface area contributed by atoms with Gasteiger partial charge in [0, 0.05) is 25.4 Å². The molecule has 1 fully saturated rings. The van der Waals surface area contributed by atoms with Gasteiger partial charge in [-0.25, -0.2) is 9.97 Å². The van der Waals surface area contributed by atoms with Gasteiger partial charge in [-0.2, -0.15) is 0 Å². The van der Waals surface area contributed by atoms with Crippen LogP contribution in [0.1, 0.15) is 71.0 Å². The maximum Gasteiger partial charge on any atom is 0.144 e. The number of thiophene rings is 1. The van der Waals surface area contributed by atoms with E-state index in [1.54, 1.807) is 11.3 Å². The highest BCUT2D eigenvalue weighted by Gasteiger charge is 2.47. The van der Waals surface area contributed by atoms with Crippen LogP contribution < -0.4 is 5.73 Å². The van der Waals surface area contributed by atoms with Gasteiger partial charge in [0.1, 0.15) is 36.6 Å². The van der Waals surface area contributed by atoms with Gasteiger partial charge in [-0.15, -0.1) is 11.3 Å². The number of fused-ring (bicyclic) bond motifs is 1. The normalized spacial score (nSPS) is 23.7. The van der Waals surface area contributed by atoms with E-state index in [0.717, 1.165) is 60.9 Å². The molecule has 4 atom stereocenters. The molecule has 0 amide bonds. The highest BCUT2D eigenvalue weighted by molar-refractivity contribution is 7.17. The van der Waals surface area contributed by atoms with Crippen LogP contribution in [0.2, 0.25) is 0 Å². The molecule has 3 heterocycles. The van der Waals surface area contributed by atoms with Crippen LogP contribution in [0, 0.1) is 0 Å². The molecule has 174 valence electrons. The fraction of sp³-hybridized carbons (Fsp3) is 0.739. The number of hydrogen-bond acceptors (Lipinski definition) is 8. The monoisotopic (exact) mass is 451 g/mol. The van der Waals surface area contributed by atoms with E-state index < -0.39 is 0 Å². The molecule has 2 aromatic heterocycles. The lowest BCUT2D eigenvalue weighted by Crippen LogP contribution is -2.38. The lowest BCUT2D eigenvalue weighted by atomic mass is 10.0. The summed E-state index contributed by atoms with van der Waals surface area (Å²) in [5.41, 5.74) is 7.91. The van der Waals surface area contributed by atoms with Crippen molar-refractivity contribution in [2.75, 3.05) is 32.2 Å². The predicted molar refractivity (Wildman–Crippen MR) is 124 cm³/mol. The van der Waals surface area contributed by atoms with Gasteiger partial charge in [0.25, 0.3) is 0 Å². The summed E-state index contributed by atoms with van der Waals surface area (Å²) in [6.45, 7) is 9.09. The number of nitrogens with zero attached hydrogens (tertiary/aromatic N) is 2.